The quantitative estimate of drug-likeness (QED) is 0.402. The number of non-ortho nitro benzene ring substituents is 1. The summed E-state index contributed by atoms with van der Waals surface area (Å²) in [7, 11) is 0. The van der Waals surface area contributed by atoms with Gasteiger partial charge in [0.25, 0.3) is 5.69 Å². The summed E-state index contributed by atoms with van der Waals surface area (Å²) >= 11 is 1.66. The van der Waals surface area contributed by atoms with Crippen LogP contribution >= 0.6 is 11.3 Å². The Morgan fingerprint density at radius 2 is 1.65 bits per heavy atom. The van der Waals surface area contributed by atoms with Crippen molar-refractivity contribution in [3.05, 3.63) is 62.3 Å². The second-order valence-electron chi connectivity index (χ2n) is 8.48. The molecule has 10 nitrogen and oxygen atoms in total. The predicted molar refractivity (Wildman–Crippen MR) is 128 cm³/mol. The summed E-state index contributed by atoms with van der Waals surface area (Å²) in [4.78, 5) is 41.4. The molecular formula is C23H30N4O6S. The molecule has 0 spiro atoms. The van der Waals surface area contributed by atoms with Crippen LogP contribution in [0.25, 0.3) is 0 Å². The first-order chi connectivity index (χ1) is 16.2. The van der Waals surface area contributed by atoms with Gasteiger partial charge in [0.2, 0.25) is 0 Å². The molecule has 1 aliphatic rings. The second-order valence-corrected chi connectivity index (χ2v) is 9.51. The topological polar surface area (TPSA) is 127 Å². The fourth-order valence-corrected chi connectivity index (χ4v) is 5.08. The Morgan fingerprint density at radius 1 is 1.03 bits per heavy atom. The van der Waals surface area contributed by atoms with Gasteiger partial charge < -0.3 is 10.2 Å². The number of thiophene rings is 1. The molecule has 0 radical (unpaired) electrons. The van der Waals surface area contributed by atoms with Crippen molar-refractivity contribution in [2.24, 2.45) is 0 Å². The van der Waals surface area contributed by atoms with Gasteiger partial charge in [0.05, 0.1) is 11.5 Å². The van der Waals surface area contributed by atoms with Crippen molar-refractivity contribution in [3.8, 4) is 0 Å². The Bertz CT molecular complexity index is 968. The van der Waals surface area contributed by atoms with Crippen LogP contribution in [-0.2, 0) is 16.1 Å². The molecule has 0 amide bonds. The van der Waals surface area contributed by atoms with Gasteiger partial charge >= 0.3 is 11.9 Å². The molecule has 0 aliphatic carbocycles. The first-order valence-electron chi connectivity index (χ1n) is 11.1. The van der Waals surface area contributed by atoms with Crippen molar-refractivity contribution in [1.29, 1.82) is 0 Å². The highest BCUT2D eigenvalue weighted by molar-refractivity contribution is 7.09. The first-order valence-corrected chi connectivity index (χ1v) is 12.0. The first kappa shape index (κ1) is 25.8. The second kappa shape index (κ2) is 12.0. The third-order valence-electron chi connectivity index (χ3n) is 6.21. The fraction of sp³-hybridized carbons (Fsp3) is 0.478. The van der Waals surface area contributed by atoms with Crippen molar-refractivity contribution >= 4 is 29.0 Å². The van der Waals surface area contributed by atoms with Crippen molar-refractivity contribution in [2.45, 2.75) is 25.4 Å². The number of aliphatic carboxylic acids is 2. The monoisotopic (exact) mass is 490 g/mol. The highest BCUT2D eigenvalue weighted by Gasteiger charge is 2.33. The van der Waals surface area contributed by atoms with Gasteiger partial charge in [-0.25, -0.2) is 0 Å². The molecule has 11 heteroatoms. The molecule has 2 N–H and O–H groups in total. The Balaban J connectivity index is 1.82. The van der Waals surface area contributed by atoms with E-state index in [1.165, 1.54) is 17.0 Å². The van der Waals surface area contributed by atoms with E-state index < -0.39 is 28.8 Å². The van der Waals surface area contributed by atoms with E-state index in [1.54, 1.807) is 23.5 Å². The Hall–Kier alpha value is -2.86. The largest absolute Gasteiger partial charge is 0.480 e. The van der Waals surface area contributed by atoms with Crippen LogP contribution in [0.3, 0.4) is 0 Å². The van der Waals surface area contributed by atoms with Crippen LogP contribution in [0.5, 0.6) is 0 Å². The third-order valence-corrected chi connectivity index (χ3v) is 7.07. The van der Waals surface area contributed by atoms with Crippen molar-refractivity contribution in [3.63, 3.8) is 0 Å². The summed E-state index contributed by atoms with van der Waals surface area (Å²) in [5, 5.41) is 32.5. The molecule has 1 aromatic heterocycles. The van der Waals surface area contributed by atoms with E-state index in [1.807, 2.05) is 28.2 Å². The molecule has 34 heavy (non-hydrogen) atoms. The SMILES string of the molecule is CC(c1ccc([N+](=O)[O-])cc1)C(C(=O)O)N1CCN(CC(=O)O)CCN(Cc2cccs2)CC1. The molecule has 1 saturated heterocycles. The van der Waals surface area contributed by atoms with Crippen LogP contribution in [-0.4, -0.2) is 93.6 Å². The molecule has 0 saturated carbocycles. The maximum Gasteiger partial charge on any atom is 0.321 e. The molecule has 1 aromatic carbocycles. The number of nitro benzene ring substituents is 1. The molecular weight excluding hydrogens is 460 g/mol. The maximum atomic E-state index is 12.4. The lowest BCUT2D eigenvalue weighted by Crippen LogP contribution is -2.49. The number of nitro groups is 1. The lowest BCUT2D eigenvalue weighted by atomic mass is 9.91. The average molecular weight is 491 g/mol. The number of hydrogen-bond acceptors (Lipinski definition) is 8. The van der Waals surface area contributed by atoms with Crippen molar-refractivity contribution in [2.75, 3.05) is 45.8 Å². The Kier molecular flexibility index (Phi) is 9.11. The summed E-state index contributed by atoms with van der Waals surface area (Å²) in [6.07, 6.45) is 0. The molecule has 1 aliphatic heterocycles. The minimum Gasteiger partial charge on any atom is -0.480 e. The van der Waals surface area contributed by atoms with E-state index in [9.17, 15) is 29.9 Å². The molecule has 2 aromatic rings. The van der Waals surface area contributed by atoms with Crippen LogP contribution in [0, 0.1) is 10.1 Å². The van der Waals surface area contributed by atoms with Gasteiger partial charge in [0, 0.05) is 68.7 Å². The summed E-state index contributed by atoms with van der Waals surface area (Å²) in [5.74, 6) is -2.30. The predicted octanol–water partition coefficient (Wildman–Crippen LogP) is 2.42. The number of benzene rings is 1. The third kappa shape index (κ3) is 7.07. The fourth-order valence-electron chi connectivity index (χ4n) is 4.33. The minimum atomic E-state index is -0.973. The summed E-state index contributed by atoms with van der Waals surface area (Å²) in [6, 6.07) is 9.19. The molecule has 2 unspecified atom stereocenters. The van der Waals surface area contributed by atoms with Gasteiger partial charge in [-0.05, 0) is 17.0 Å². The minimum absolute atomic E-state index is 0.0425. The van der Waals surface area contributed by atoms with Gasteiger partial charge in [-0.2, -0.15) is 0 Å². The number of nitrogens with zero attached hydrogens (tertiary/aromatic N) is 4. The standard InChI is InChI=1S/C23H30N4O6S/c1-17(18-4-6-19(7-5-18)27(32)33)22(23(30)31)26-12-10-24(15-20-3-2-14-34-20)8-9-25(11-13-26)16-21(28)29/h2-7,14,17,22H,8-13,15-16H2,1H3,(H,28,29)(H,30,31). The van der Waals surface area contributed by atoms with Gasteiger partial charge in [-0.1, -0.05) is 25.1 Å². The van der Waals surface area contributed by atoms with E-state index in [2.05, 4.69) is 11.0 Å². The molecule has 0 bridgehead atoms. The highest BCUT2D eigenvalue weighted by Crippen LogP contribution is 2.26. The lowest BCUT2D eigenvalue weighted by Gasteiger charge is -2.34. The zero-order valence-electron chi connectivity index (χ0n) is 19.1. The Labute approximate surface area is 202 Å². The zero-order valence-corrected chi connectivity index (χ0v) is 19.9. The average Bonchev–Trinajstić information content (AvgIpc) is 3.32. The highest BCUT2D eigenvalue weighted by atomic mass is 32.1. The molecule has 1 fully saturated rings. The summed E-state index contributed by atoms with van der Waals surface area (Å²) < 4.78 is 0. The van der Waals surface area contributed by atoms with Crippen LogP contribution < -0.4 is 0 Å². The molecule has 184 valence electrons. The summed E-state index contributed by atoms with van der Waals surface area (Å²) in [6.45, 7) is 5.72. The van der Waals surface area contributed by atoms with Crippen LogP contribution in [0.1, 0.15) is 23.3 Å². The summed E-state index contributed by atoms with van der Waals surface area (Å²) in [5.41, 5.74) is 0.662. The van der Waals surface area contributed by atoms with Crippen LogP contribution in [0.4, 0.5) is 5.69 Å². The molecule has 2 atom stereocenters. The maximum absolute atomic E-state index is 12.4. The van der Waals surface area contributed by atoms with Crippen LogP contribution in [0.2, 0.25) is 0 Å². The number of rotatable bonds is 9. The van der Waals surface area contributed by atoms with Gasteiger partial charge in [0.15, 0.2) is 0 Å². The number of carboxylic acid groups (broad SMARTS) is 2. The number of hydrogen-bond donors (Lipinski definition) is 2. The van der Waals surface area contributed by atoms with Crippen molar-refractivity contribution in [1.82, 2.24) is 14.7 Å². The van der Waals surface area contributed by atoms with Gasteiger partial charge in [0.1, 0.15) is 6.04 Å². The van der Waals surface area contributed by atoms with Crippen molar-refractivity contribution < 1.29 is 24.7 Å². The van der Waals surface area contributed by atoms with E-state index in [4.69, 9.17) is 0 Å². The van der Waals surface area contributed by atoms with Crippen LogP contribution in [0.15, 0.2) is 41.8 Å². The van der Waals surface area contributed by atoms with E-state index in [0.29, 0.717) is 44.8 Å². The zero-order chi connectivity index (χ0) is 24.7. The number of carboxylic acids is 2. The van der Waals surface area contributed by atoms with E-state index >= 15 is 0 Å². The Morgan fingerprint density at radius 3 is 2.21 bits per heavy atom. The smallest absolute Gasteiger partial charge is 0.321 e. The normalized spacial score (nSPS) is 18.4. The molecule has 2 heterocycles. The van der Waals surface area contributed by atoms with Gasteiger partial charge in [-0.15, -0.1) is 11.3 Å². The number of carbonyl (C=O) groups is 2. The lowest BCUT2D eigenvalue weighted by molar-refractivity contribution is -0.384. The van der Waals surface area contributed by atoms with E-state index in [-0.39, 0.29) is 12.2 Å². The van der Waals surface area contributed by atoms with E-state index in [0.717, 1.165) is 6.54 Å². The molecule has 3 rings (SSSR count). The van der Waals surface area contributed by atoms with Gasteiger partial charge in [-0.3, -0.25) is 34.4 Å².